The summed E-state index contributed by atoms with van der Waals surface area (Å²) in [6.45, 7) is 1.10. The molecule has 0 radical (unpaired) electrons. The number of methoxy groups -OCH3 is 2. The Morgan fingerprint density at radius 1 is 1.13 bits per heavy atom. The number of anilines is 1. The number of hydrogen-bond acceptors (Lipinski definition) is 10. The van der Waals surface area contributed by atoms with Crippen LogP contribution < -0.4 is 14.8 Å². The van der Waals surface area contributed by atoms with Crippen molar-refractivity contribution in [2.24, 2.45) is 0 Å². The first-order valence-corrected chi connectivity index (χ1v) is 12.8. The number of halogens is 1. The summed E-state index contributed by atoms with van der Waals surface area (Å²) < 4.78 is 20.5. The van der Waals surface area contributed by atoms with Crippen LogP contribution in [0.25, 0.3) is 6.08 Å². The fourth-order valence-corrected chi connectivity index (χ4v) is 4.33. The molecule has 1 saturated heterocycles. The smallest absolute Gasteiger partial charge is 0.343 e. The molecule has 0 saturated carbocycles. The minimum Gasteiger partial charge on any atom is -0.493 e. The lowest BCUT2D eigenvalue weighted by Gasteiger charge is -2.14. The van der Waals surface area contributed by atoms with Crippen LogP contribution in [0.15, 0.2) is 41.3 Å². The molecule has 13 heteroatoms. The molecule has 3 amide bonds. The van der Waals surface area contributed by atoms with E-state index in [2.05, 4.69) is 10.1 Å². The average molecular weight is 577 g/mol. The number of thioether (sulfide) groups is 1. The highest BCUT2D eigenvalue weighted by Crippen LogP contribution is 2.37. The number of benzene rings is 2. The Balaban J connectivity index is 1.74. The molecule has 11 nitrogen and oxygen atoms in total. The van der Waals surface area contributed by atoms with Crippen LogP contribution in [0.5, 0.6) is 11.5 Å². The predicted octanol–water partition coefficient (Wildman–Crippen LogP) is 4.14. The van der Waals surface area contributed by atoms with Crippen molar-refractivity contribution in [3.63, 3.8) is 0 Å². The van der Waals surface area contributed by atoms with Gasteiger partial charge in [-0.05, 0) is 48.5 Å². The van der Waals surface area contributed by atoms with Gasteiger partial charge in [0.25, 0.3) is 11.1 Å². The van der Waals surface area contributed by atoms with Gasteiger partial charge in [-0.15, -0.1) is 0 Å². The molecule has 2 aromatic carbocycles. The Kier molecular flexibility index (Phi) is 10.4. The number of nitrogens with one attached hydrogen (secondary N) is 1. The van der Waals surface area contributed by atoms with Gasteiger partial charge in [0.1, 0.15) is 6.54 Å². The van der Waals surface area contributed by atoms with Crippen molar-refractivity contribution < 1.29 is 42.9 Å². The number of imide groups is 1. The lowest BCUT2D eigenvalue weighted by molar-refractivity contribution is -0.143. The third kappa shape index (κ3) is 7.52. The van der Waals surface area contributed by atoms with Gasteiger partial charge < -0.3 is 24.3 Å². The summed E-state index contributed by atoms with van der Waals surface area (Å²) in [5.74, 6) is -2.15. The summed E-state index contributed by atoms with van der Waals surface area (Å²) in [7, 11) is 2.63. The van der Waals surface area contributed by atoms with Crippen molar-refractivity contribution in [2.45, 2.75) is 13.3 Å². The Morgan fingerprint density at radius 2 is 1.90 bits per heavy atom. The minimum atomic E-state index is -0.693. The summed E-state index contributed by atoms with van der Waals surface area (Å²) in [5.41, 5.74) is 0.677. The quantitative estimate of drug-likeness (QED) is 0.307. The van der Waals surface area contributed by atoms with Gasteiger partial charge in [-0.1, -0.05) is 30.7 Å². The molecule has 3 rings (SSSR count). The summed E-state index contributed by atoms with van der Waals surface area (Å²) in [5, 5.41) is 2.05. The summed E-state index contributed by atoms with van der Waals surface area (Å²) in [6.07, 6.45) is 2.04. The van der Waals surface area contributed by atoms with Crippen LogP contribution in [0, 0.1) is 0 Å². The number of nitrogens with zero attached hydrogens (tertiary/aromatic N) is 1. The molecule has 0 aliphatic carbocycles. The van der Waals surface area contributed by atoms with E-state index in [9.17, 15) is 24.0 Å². The van der Waals surface area contributed by atoms with Crippen molar-refractivity contribution in [3.05, 3.63) is 57.5 Å². The van der Waals surface area contributed by atoms with Crippen LogP contribution in [0.3, 0.4) is 0 Å². The highest BCUT2D eigenvalue weighted by atomic mass is 35.5. The van der Waals surface area contributed by atoms with E-state index in [1.54, 1.807) is 18.2 Å². The lowest BCUT2D eigenvalue weighted by Crippen LogP contribution is -2.36. The third-order valence-electron chi connectivity index (χ3n) is 5.16. The van der Waals surface area contributed by atoms with Gasteiger partial charge in [-0.2, -0.15) is 0 Å². The molecular formula is C26H25ClN2O9S. The van der Waals surface area contributed by atoms with Crippen LogP contribution in [0.1, 0.15) is 29.3 Å². The largest absolute Gasteiger partial charge is 0.493 e. The SMILES string of the molecule is CCCOC(=O)c1cc(NC(=O)CN2C(=O)S/C(=C/c3cccc(OC)c3OCC(=O)OC)C2=O)ccc1Cl. The standard InChI is InChI=1S/C26H25ClN2O9S/c1-4-10-37-25(33)17-12-16(8-9-18(17)27)28-21(30)13-29-24(32)20(39-26(29)34)11-15-6-5-7-19(35-2)23(15)38-14-22(31)36-3/h5-9,11-12H,4,10,13-14H2,1-3H3,(H,28,30)/b20-11+. The average Bonchev–Trinajstić information content (AvgIpc) is 3.18. The second-order valence-electron chi connectivity index (χ2n) is 7.89. The molecule has 1 fully saturated rings. The first-order chi connectivity index (χ1) is 18.7. The molecule has 0 spiro atoms. The Morgan fingerprint density at radius 3 is 2.59 bits per heavy atom. The van der Waals surface area contributed by atoms with Crippen LogP contribution >= 0.6 is 23.4 Å². The van der Waals surface area contributed by atoms with Gasteiger partial charge >= 0.3 is 11.9 Å². The van der Waals surface area contributed by atoms with Gasteiger partial charge in [0, 0.05) is 11.3 Å². The normalized spacial score (nSPS) is 13.8. The monoisotopic (exact) mass is 576 g/mol. The molecule has 1 heterocycles. The molecule has 1 aliphatic rings. The number of rotatable bonds is 11. The Hall–Kier alpha value is -4.03. The number of carbonyl (C=O) groups excluding carboxylic acids is 5. The minimum absolute atomic E-state index is 0.0384. The zero-order chi connectivity index (χ0) is 28.5. The van der Waals surface area contributed by atoms with Crippen molar-refractivity contribution >= 4 is 64.1 Å². The molecule has 0 aromatic heterocycles. The second kappa shape index (κ2) is 13.7. The summed E-state index contributed by atoms with van der Waals surface area (Å²) >= 11 is 6.72. The second-order valence-corrected chi connectivity index (χ2v) is 9.29. The molecular weight excluding hydrogens is 552 g/mol. The van der Waals surface area contributed by atoms with Crippen LogP contribution in [0.4, 0.5) is 10.5 Å². The van der Waals surface area contributed by atoms with E-state index in [1.807, 2.05) is 6.92 Å². The third-order valence-corrected chi connectivity index (χ3v) is 6.40. The summed E-state index contributed by atoms with van der Waals surface area (Å²) in [6, 6.07) is 9.11. The zero-order valence-corrected chi connectivity index (χ0v) is 22.8. The maximum Gasteiger partial charge on any atom is 0.343 e. The van der Waals surface area contributed by atoms with E-state index >= 15 is 0 Å². The maximum absolute atomic E-state index is 13.0. The van der Waals surface area contributed by atoms with Gasteiger partial charge in [0.05, 0.1) is 36.3 Å². The number of hydrogen-bond donors (Lipinski definition) is 1. The highest BCUT2D eigenvalue weighted by molar-refractivity contribution is 8.18. The molecule has 1 aliphatic heterocycles. The van der Waals surface area contributed by atoms with Gasteiger partial charge in [-0.3, -0.25) is 19.3 Å². The molecule has 0 unspecified atom stereocenters. The van der Waals surface area contributed by atoms with Crippen molar-refractivity contribution in [1.29, 1.82) is 0 Å². The number of para-hydroxylation sites is 1. The molecule has 0 atom stereocenters. The van der Waals surface area contributed by atoms with Gasteiger partial charge in [-0.25, -0.2) is 9.59 Å². The number of amides is 3. The Labute approximate surface area is 233 Å². The first kappa shape index (κ1) is 29.5. The predicted molar refractivity (Wildman–Crippen MR) is 144 cm³/mol. The van der Waals surface area contributed by atoms with E-state index in [1.165, 1.54) is 38.5 Å². The molecule has 1 N–H and O–H groups in total. The fraction of sp³-hybridized carbons (Fsp3) is 0.269. The fourth-order valence-electron chi connectivity index (χ4n) is 3.31. The topological polar surface area (TPSA) is 138 Å². The van der Waals surface area contributed by atoms with Crippen LogP contribution in [-0.2, 0) is 23.9 Å². The zero-order valence-electron chi connectivity index (χ0n) is 21.3. The van der Waals surface area contributed by atoms with E-state index in [0.29, 0.717) is 29.5 Å². The lowest BCUT2D eigenvalue weighted by atomic mass is 10.1. The Bertz CT molecular complexity index is 1330. The van der Waals surface area contributed by atoms with E-state index in [0.717, 1.165) is 4.90 Å². The number of esters is 2. The van der Waals surface area contributed by atoms with Crippen molar-refractivity contribution in [2.75, 3.05) is 39.3 Å². The molecule has 0 bridgehead atoms. The molecule has 2 aromatic rings. The van der Waals surface area contributed by atoms with E-state index < -0.39 is 42.1 Å². The van der Waals surface area contributed by atoms with Gasteiger partial charge in [0.2, 0.25) is 5.91 Å². The number of carbonyl (C=O) groups is 5. The van der Waals surface area contributed by atoms with E-state index in [4.69, 9.17) is 25.8 Å². The van der Waals surface area contributed by atoms with E-state index in [-0.39, 0.29) is 33.5 Å². The highest BCUT2D eigenvalue weighted by Gasteiger charge is 2.36. The van der Waals surface area contributed by atoms with Gasteiger partial charge in [0.15, 0.2) is 18.1 Å². The van der Waals surface area contributed by atoms with Crippen molar-refractivity contribution in [3.8, 4) is 11.5 Å². The molecule has 39 heavy (non-hydrogen) atoms. The number of ether oxygens (including phenoxy) is 4. The maximum atomic E-state index is 13.0. The molecule has 206 valence electrons. The summed E-state index contributed by atoms with van der Waals surface area (Å²) in [4.78, 5) is 62.8. The first-order valence-electron chi connectivity index (χ1n) is 11.6. The van der Waals surface area contributed by atoms with Crippen LogP contribution in [-0.4, -0.2) is 67.9 Å². The van der Waals surface area contributed by atoms with Crippen LogP contribution in [0.2, 0.25) is 5.02 Å². The van der Waals surface area contributed by atoms with Crippen molar-refractivity contribution in [1.82, 2.24) is 4.90 Å².